The van der Waals surface area contributed by atoms with E-state index < -0.39 is 37.8 Å². The molecular formula is C14H25O10P. The van der Waals surface area contributed by atoms with Crippen molar-refractivity contribution in [1.82, 2.24) is 0 Å². The highest BCUT2D eigenvalue weighted by Gasteiger charge is 2.51. The van der Waals surface area contributed by atoms with Gasteiger partial charge in [0.15, 0.2) is 6.29 Å². The molecule has 0 spiro atoms. The normalized spacial score (nSPS) is 33.6. The summed E-state index contributed by atoms with van der Waals surface area (Å²) in [5, 5.41) is 39.4. The van der Waals surface area contributed by atoms with Crippen LogP contribution in [0.2, 0.25) is 0 Å². The van der Waals surface area contributed by atoms with Crippen LogP contribution in [0.15, 0.2) is 11.9 Å². The molecule has 0 unspecified atom stereocenters. The molecule has 0 aromatic heterocycles. The van der Waals surface area contributed by atoms with Gasteiger partial charge >= 0.3 is 13.6 Å². The van der Waals surface area contributed by atoms with Gasteiger partial charge in [-0.1, -0.05) is 12.8 Å². The molecule has 5 atom stereocenters. The van der Waals surface area contributed by atoms with Crippen LogP contribution in [0, 0.1) is 0 Å². The molecule has 10 nitrogen and oxygen atoms in total. The first-order chi connectivity index (χ1) is 11.5. The highest BCUT2D eigenvalue weighted by atomic mass is 31.2. The van der Waals surface area contributed by atoms with Gasteiger partial charge in [0.05, 0.1) is 7.11 Å². The summed E-state index contributed by atoms with van der Waals surface area (Å²) < 4.78 is 20.8. The summed E-state index contributed by atoms with van der Waals surface area (Å²) in [6.45, 7) is 0. The van der Waals surface area contributed by atoms with Crippen molar-refractivity contribution >= 4 is 13.6 Å². The van der Waals surface area contributed by atoms with Gasteiger partial charge in [-0.25, -0.2) is 0 Å². The van der Waals surface area contributed by atoms with Gasteiger partial charge in [0.25, 0.3) is 0 Å². The third-order valence-corrected chi connectivity index (χ3v) is 4.57. The van der Waals surface area contributed by atoms with E-state index in [1.807, 2.05) is 0 Å². The molecule has 11 heteroatoms. The number of unbranched alkanes of at least 4 members (excludes halogenated alkanes) is 2. The number of hydrogen-bond donors (Lipinski definition) is 6. The van der Waals surface area contributed by atoms with Gasteiger partial charge in [0.1, 0.15) is 23.9 Å². The molecule has 0 aromatic carbocycles. The summed E-state index contributed by atoms with van der Waals surface area (Å²) >= 11 is 0. The Morgan fingerprint density at radius 3 is 2.36 bits per heavy atom. The molecule has 1 aliphatic heterocycles. The number of carbonyl (C=O) groups excluding carboxylic acids is 1. The van der Waals surface area contributed by atoms with Gasteiger partial charge in [-0.05, 0) is 18.9 Å². The van der Waals surface area contributed by atoms with Crippen molar-refractivity contribution in [2.24, 2.45) is 0 Å². The van der Waals surface area contributed by atoms with Gasteiger partial charge in [-0.2, -0.15) is 0 Å². The summed E-state index contributed by atoms with van der Waals surface area (Å²) in [4.78, 5) is 29.0. The minimum absolute atomic E-state index is 0.00726. The molecule has 1 saturated heterocycles. The summed E-state index contributed by atoms with van der Waals surface area (Å²) in [7, 11) is -3.31. The molecule has 1 heterocycles. The van der Waals surface area contributed by atoms with Gasteiger partial charge in [0.2, 0.25) is 0 Å². The van der Waals surface area contributed by atoms with E-state index in [-0.39, 0.29) is 18.8 Å². The lowest BCUT2D eigenvalue weighted by atomic mass is 9.82. The molecule has 0 amide bonds. The fourth-order valence-corrected chi connectivity index (χ4v) is 3.06. The van der Waals surface area contributed by atoms with E-state index in [1.54, 1.807) is 0 Å². The largest absolute Gasteiger partial charge is 0.469 e. The number of rotatable bonds is 8. The van der Waals surface area contributed by atoms with Crippen LogP contribution >= 0.6 is 7.60 Å². The van der Waals surface area contributed by atoms with Crippen molar-refractivity contribution in [3.05, 3.63) is 11.9 Å². The molecule has 0 aliphatic carbocycles. The fourth-order valence-electron chi connectivity index (χ4n) is 2.61. The SMILES string of the molecule is COC(=O)CCCCC[C@]1(/C=C/P(=O)(O)O)O[C@H](O)[C@@H](O)[C@@H](O)[C@@H]1O. The molecule has 0 saturated carbocycles. The van der Waals surface area contributed by atoms with Crippen LogP contribution in [0.5, 0.6) is 0 Å². The topological polar surface area (TPSA) is 174 Å². The van der Waals surface area contributed by atoms with Crippen molar-refractivity contribution in [3.63, 3.8) is 0 Å². The second kappa shape index (κ2) is 9.20. The first kappa shape index (κ1) is 22.2. The molecule has 1 rings (SSSR count). The number of esters is 1. The lowest BCUT2D eigenvalue weighted by Crippen LogP contribution is -2.63. The van der Waals surface area contributed by atoms with Crippen LogP contribution in [-0.2, 0) is 18.8 Å². The Kier molecular flexibility index (Phi) is 8.17. The number of carbonyl (C=O) groups is 1. The van der Waals surface area contributed by atoms with E-state index in [9.17, 15) is 29.8 Å². The lowest BCUT2D eigenvalue weighted by Gasteiger charge is -2.46. The number of ether oxygens (including phenoxy) is 2. The van der Waals surface area contributed by atoms with E-state index in [0.29, 0.717) is 25.1 Å². The standard InChI is InChI=1S/C14H25O10P/c1-23-9(15)5-3-2-4-6-14(7-8-25(20,21)22)12(18)10(16)11(17)13(19)24-14/h7-8,10-13,16-19H,2-6H2,1H3,(H2,20,21,22)/b8-7+/t10-,11+,12+,13+,14-/m1/s1. The highest BCUT2D eigenvalue weighted by molar-refractivity contribution is 7.55. The first-order valence-electron chi connectivity index (χ1n) is 7.75. The molecule has 1 fully saturated rings. The average Bonchev–Trinajstić information content (AvgIpc) is 2.54. The quantitative estimate of drug-likeness (QED) is 0.172. The van der Waals surface area contributed by atoms with Crippen molar-refractivity contribution in [2.75, 3.05) is 7.11 Å². The Balaban J connectivity index is 2.84. The summed E-state index contributed by atoms with van der Waals surface area (Å²) in [6.07, 6.45) is -4.65. The van der Waals surface area contributed by atoms with Gasteiger partial charge in [-0.3, -0.25) is 9.36 Å². The Bertz CT molecular complexity index is 518. The van der Waals surface area contributed by atoms with Crippen molar-refractivity contribution in [1.29, 1.82) is 0 Å². The molecule has 0 bridgehead atoms. The van der Waals surface area contributed by atoms with Crippen LogP contribution in [0.4, 0.5) is 0 Å². The monoisotopic (exact) mass is 384 g/mol. The summed E-state index contributed by atoms with van der Waals surface area (Å²) in [5.41, 5.74) is -1.79. The summed E-state index contributed by atoms with van der Waals surface area (Å²) in [5.74, 6) is 0.140. The molecule has 25 heavy (non-hydrogen) atoms. The zero-order chi connectivity index (χ0) is 19.3. The van der Waals surface area contributed by atoms with E-state index in [2.05, 4.69) is 4.74 Å². The Hall–Kier alpha value is -0.840. The summed E-state index contributed by atoms with van der Waals surface area (Å²) in [6, 6.07) is 0. The fraction of sp³-hybridized carbons (Fsp3) is 0.786. The number of hydrogen-bond acceptors (Lipinski definition) is 8. The Morgan fingerprint density at radius 1 is 1.16 bits per heavy atom. The second-order valence-electron chi connectivity index (χ2n) is 5.93. The highest BCUT2D eigenvalue weighted by Crippen LogP contribution is 2.41. The molecule has 1 aliphatic rings. The van der Waals surface area contributed by atoms with Crippen LogP contribution in [0.25, 0.3) is 0 Å². The third-order valence-electron chi connectivity index (χ3n) is 4.03. The third kappa shape index (κ3) is 6.43. The predicted molar refractivity (Wildman–Crippen MR) is 84.1 cm³/mol. The number of aliphatic hydroxyl groups excluding tert-OH is 4. The predicted octanol–water partition coefficient (Wildman–Crippen LogP) is -1.03. The zero-order valence-corrected chi connectivity index (χ0v) is 14.7. The second-order valence-corrected chi connectivity index (χ2v) is 7.41. The molecule has 146 valence electrons. The minimum Gasteiger partial charge on any atom is -0.469 e. The van der Waals surface area contributed by atoms with Gasteiger partial charge < -0.3 is 39.7 Å². The minimum atomic E-state index is -4.58. The van der Waals surface area contributed by atoms with E-state index >= 15 is 0 Å². The van der Waals surface area contributed by atoms with Crippen LogP contribution in [-0.4, -0.2) is 73.5 Å². The van der Waals surface area contributed by atoms with Crippen molar-refractivity contribution in [2.45, 2.75) is 62.3 Å². The molecule has 6 N–H and O–H groups in total. The number of aliphatic hydroxyl groups is 4. The zero-order valence-electron chi connectivity index (χ0n) is 13.8. The van der Waals surface area contributed by atoms with E-state index in [4.69, 9.17) is 14.5 Å². The molecule has 0 aromatic rings. The average molecular weight is 384 g/mol. The van der Waals surface area contributed by atoms with Gasteiger partial charge in [0, 0.05) is 12.2 Å². The molecular weight excluding hydrogens is 359 g/mol. The van der Waals surface area contributed by atoms with Gasteiger partial charge in [-0.15, -0.1) is 0 Å². The van der Waals surface area contributed by atoms with E-state index in [1.165, 1.54) is 7.11 Å². The Labute approximate surface area is 144 Å². The number of methoxy groups -OCH3 is 1. The Morgan fingerprint density at radius 2 is 1.80 bits per heavy atom. The smallest absolute Gasteiger partial charge is 0.348 e. The van der Waals surface area contributed by atoms with Crippen LogP contribution in [0.3, 0.4) is 0 Å². The molecule has 0 radical (unpaired) electrons. The maximum atomic E-state index is 11.1. The van der Waals surface area contributed by atoms with Crippen molar-refractivity contribution < 1.29 is 49.0 Å². The first-order valence-corrected chi connectivity index (χ1v) is 9.43. The van der Waals surface area contributed by atoms with Crippen molar-refractivity contribution in [3.8, 4) is 0 Å². The lowest BCUT2D eigenvalue weighted by molar-refractivity contribution is -0.307. The van der Waals surface area contributed by atoms with Crippen LogP contribution < -0.4 is 0 Å². The van der Waals surface area contributed by atoms with Crippen LogP contribution in [0.1, 0.15) is 32.1 Å². The maximum Gasteiger partial charge on any atom is 0.348 e. The van der Waals surface area contributed by atoms with E-state index in [0.717, 1.165) is 6.08 Å². The maximum absolute atomic E-state index is 11.1.